The van der Waals surface area contributed by atoms with Crippen molar-refractivity contribution in [1.82, 2.24) is 0 Å². The molecule has 2 atom stereocenters. The van der Waals surface area contributed by atoms with Gasteiger partial charge in [0.1, 0.15) is 5.82 Å². The summed E-state index contributed by atoms with van der Waals surface area (Å²) in [4.78, 5) is 0. The number of nitrogens with two attached hydrogens (primary N) is 1. The van der Waals surface area contributed by atoms with Gasteiger partial charge in [-0.05, 0) is 47.3 Å². The molecule has 0 bridgehead atoms. The van der Waals surface area contributed by atoms with Gasteiger partial charge in [0, 0.05) is 16.6 Å². The van der Waals surface area contributed by atoms with E-state index in [9.17, 15) is 4.39 Å². The predicted octanol–water partition coefficient (Wildman–Crippen LogP) is 2.88. The van der Waals surface area contributed by atoms with Crippen molar-refractivity contribution in [1.29, 1.82) is 0 Å². The molecule has 0 aliphatic heterocycles. The Balaban J connectivity index is 2.10. The van der Waals surface area contributed by atoms with Crippen LogP contribution in [0, 0.1) is 5.82 Å². The Labute approximate surface area is 97.2 Å². The van der Waals surface area contributed by atoms with Crippen LogP contribution in [0.1, 0.15) is 19.3 Å². The van der Waals surface area contributed by atoms with Crippen molar-refractivity contribution < 1.29 is 4.39 Å². The van der Waals surface area contributed by atoms with E-state index in [2.05, 4.69) is 21.2 Å². The maximum Gasteiger partial charge on any atom is 0.147 e. The summed E-state index contributed by atoms with van der Waals surface area (Å²) in [6.07, 6.45) is 2.95. The molecule has 1 aromatic rings. The smallest absolute Gasteiger partial charge is 0.147 e. The first-order valence-electron chi connectivity index (χ1n) is 5.13. The summed E-state index contributed by atoms with van der Waals surface area (Å²) in [5.74, 6) is -0.218. The first kappa shape index (κ1) is 10.9. The van der Waals surface area contributed by atoms with E-state index in [1.54, 1.807) is 6.07 Å². The van der Waals surface area contributed by atoms with Crippen LogP contribution in [0.5, 0.6) is 0 Å². The topological polar surface area (TPSA) is 38.0 Å². The van der Waals surface area contributed by atoms with Gasteiger partial charge in [0.25, 0.3) is 0 Å². The summed E-state index contributed by atoms with van der Waals surface area (Å²) in [5.41, 5.74) is 6.36. The van der Waals surface area contributed by atoms with E-state index in [-0.39, 0.29) is 11.9 Å². The van der Waals surface area contributed by atoms with Crippen molar-refractivity contribution in [3.63, 3.8) is 0 Å². The van der Waals surface area contributed by atoms with E-state index in [4.69, 9.17) is 5.73 Å². The zero-order valence-electron chi connectivity index (χ0n) is 8.34. The van der Waals surface area contributed by atoms with Gasteiger partial charge in [-0.3, -0.25) is 0 Å². The largest absolute Gasteiger partial charge is 0.379 e. The molecule has 1 aromatic carbocycles. The molecule has 0 heterocycles. The average Bonchev–Trinajstić information content (AvgIpc) is 2.58. The molecule has 15 heavy (non-hydrogen) atoms. The molecule has 0 spiro atoms. The molecule has 1 saturated carbocycles. The highest BCUT2D eigenvalue weighted by Gasteiger charge is 2.22. The minimum Gasteiger partial charge on any atom is -0.379 e. The number of rotatable bonds is 2. The highest BCUT2D eigenvalue weighted by Crippen LogP contribution is 2.29. The molecule has 2 rings (SSSR count). The fourth-order valence-electron chi connectivity index (χ4n) is 1.99. The number of para-hydroxylation sites is 1. The predicted molar refractivity (Wildman–Crippen MR) is 63.3 cm³/mol. The van der Waals surface area contributed by atoms with Crippen LogP contribution in [-0.4, -0.2) is 12.1 Å². The lowest BCUT2D eigenvalue weighted by Gasteiger charge is -2.15. The second-order valence-electron chi connectivity index (χ2n) is 4.01. The number of anilines is 1. The second-order valence-corrected chi connectivity index (χ2v) is 4.87. The monoisotopic (exact) mass is 272 g/mol. The quantitative estimate of drug-likeness (QED) is 0.869. The van der Waals surface area contributed by atoms with Gasteiger partial charge in [-0.15, -0.1) is 0 Å². The molecule has 1 aliphatic rings. The molecule has 3 N–H and O–H groups in total. The Bertz CT molecular complexity index is 336. The number of halogens is 2. The van der Waals surface area contributed by atoms with E-state index in [1.165, 1.54) is 6.07 Å². The van der Waals surface area contributed by atoms with Crippen molar-refractivity contribution in [3.8, 4) is 0 Å². The van der Waals surface area contributed by atoms with Crippen molar-refractivity contribution in [2.24, 2.45) is 5.73 Å². The molecular formula is C11H14BrFN2. The third-order valence-corrected chi connectivity index (χ3v) is 3.45. The van der Waals surface area contributed by atoms with Gasteiger partial charge < -0.3 is 11.1 Å². The van der Waals surface area contributed by atoms with E-state index in [1.807, 2.05) is 6.07 Å². The highest BCUT2D eigenvalue weighted by atomic mass is 79.9. The maximum atomic E-state index is 13.5. The Morgan fingerprint density at radius 2 is 2.20 bits per heavy atom. The number of benzene rings is 1. The average molecular weight is 273 g/mol. The lowest BCUT2D eigenvalue weighted by Crippen LogP contribution is -2.21. The molecular weight excluding hydrogens is 259 g/mol. The molecule has 0 amide bonds. The third-order valence-electron chi connectivity index (χ3n) is 2.78. The van der Waals surface area contributed by atoms with Crippen molar-refractivity contribution in [2.45, 2.75) is 31.3 Å². The summed E-state index contributed by atoms with van der Waals surface area (Å²) in [7, 11) is 0. The molecule has 82 valence electrons. The summed E-state index contributed by atoms with van der Waals surface area (Å²) in [6.45, 7) is 0. The van der Waals surface area contributed by atoms with E-state index in [0.717, 1.165) is 23.7 Å². The zero-order chi connectivity index (χ0) is 10.8. The molecule has 0 saturated heterocycles. The van der Waals surface area contributed by atoms with Crippen molar-refractivity contribution in [3.05, 3.63) is 28.5 Å². The van der Waals surface area contributed by atoms with Crippen LogP contribution in [0.3, 0.4) is 0 Å². The first-order chi connectivity index (χ1) is 7.16. The van der Waals surface area contributed by atoms with Crippen LogP contribution in [0.4, 0.5) is 10.1 Å². The molecule has 1 aliphatic carbocycles. The molecule has 1 fully saturated rings. The van der Waals surface area contributed by atoms with Crippen LogP contribution in [-0.2, 0) is 0 Å². The Morgan fingerprint density at radius 3 is 2.80 bits per heavy atom. The van der Waals surface area contributed by atoms with Gasteiger partial charge in [-0.25, -0.2) is 4.39 Å². The summed E-state index contributed by atoms with van der Waals surface area (Å²) < 4.78 is 14.2. The minimum atomic E-state index is -0.218. The number of hydrogen-bond donors (Lipinski definition) is 2. The number of hydrogen-bond acceptors (Lipinski definition) is 2. The van der Waals surface area contributed by atoms with Gasteiger partial charge in [-0.1, -0.05) is 6.07 Å². The summed E-state index contributed by atoms with van der Waals surface area (Å²) in [6, 6.07) is 5.54. The summed E-state index contributed by atoms with van der Waals surface area (Å²) >= 11 is 3.34. The van der Waals surface area contributed by atoms with Gasteiger partial charge in [0.2, 0.25) is 0 Å². The van der Waals surface area contributed by atoms with Gasteiger partial charge in [0.05, 0.1) is 5.69 Å². The molecule has 2 nitrogen and oxygen atoms in total. The van der Waals surface area contributed by atoms with Crippen LogP contribution >= 0.6 is 15.9 Å². The fraction of sp³-hybridized carbons (Fsp3) is 0.455. The van der Waals surface area contributed by atoms with Gasteiger partial charge in [-0.2, -0.15) is 0 Å². The molecule has 0 radical (unpaired) electrons. The third kappa shape index (κ3) is 2.49. The van der Waals surface area contributed by atoms with Crippen LogP contribution in [0.2, 0.25) is 0 Å². The van der Waals surface area contributed by atoms with E-state index in [0.29, 0.717) is 11.7 Å². The Morgan fingerprint density at radius 1 is 1.40 bits per heavy atom. The minimum absolute atomic E-state index is 0.218. The zero-order valence-corrected chi connectivity index (χ0v) is 9.93. The lowest BCUT2D eigenvalue weighted by atomic mass is 10.2. The second kappa shape index (κ2) is 4.49. The Kier molecular flexibility index (Phi) is 3.26. The number of nitrogens with one attached hydrogen (secondary N) is 1. The van der Waals surface area contributed by atoms with Gasteiger partial charge in [0.15, 0.2) is 0 Å². The lowest BCUT2D eigenvalue weighted by molar-refractivity contribution is 0.621. The van der Waals surface area contributed by atoms with E-state index < -0.39 is 0 Å². The Hall–Kier alpha value is -0.610. The van der Waals surface area contributed by atoms with E-state index >= 15 is 0 Å². The maximum absolute atomic E-state index is 13.5. The van der Waals surface area contributed by atoms with Crippen LogP contribution in [0.15, 0.2) is 22.7 Å². The SMILES string of the molecule is NC1CCC(Nc2c(F)cccc2Br)C1. The highest BCUT2D eigenvalue weighted by molar-refractivity contribution is 9.10. The van der Waals surface area contributed by atoms with Crippen molar-refractivity contribution >= 4 is 21.6 Å². The molecule has 4 heteroatoms. The van der Waals surface area contributed by atoms with Crippen LogP contribution < -0.4 is 11.1 Å². The summed E-state index contributed by atoms with van der Waals surface area (Å²) in [5, 5.41) is 3.21. The molecule has 2 unspecified atom stereocenters. The fourth-order valence-corrected chi connectivity index (χ4v) is 2.44. The van der Waals surface area contributed by atoms with Crippen molar-refractivity contribution in [2.75, 3.05) is 5.32 Å². The standard InChI is InChI=1S/C11H14BrFN2/c12-9-2-1-3-10(13)11(9)15-8-5-4-7(14)6-8/h1-3,7-8,15H,4-6,14H2. The van der Waals surface area contributed by atoms with Gasteiger partial charge >= 0.3 is 0 Å². The molecule has 0 aromatic heterocycles. The first-order valence-corrected chi connectivity index (χ1v) is 5.92. The normalized spacial score (nSPS) is 25.5. The van der Waals surface area contributed by atoms with Crippen LogP contribution in [0.25, 0.3) is 0 Å².